The van der Waals surface area contributed by atoms with Crippen LogP contribution in [0.1, 0.15) is 11.4 Å². The van der Waals surface area contributed by atoms with Crippen molar-refractivity contribution in [1.82, 2.24) is 9.97 Å². The van der Waals surface area contributed by atoms with Crippen LogP contribution in [0.15, 0.2) is 41.3 Å². The molecule has 3 aromatic rings. The van der Waals surface area contributed by atoms with E-state index in [4.69, 9.17) is 5.14 Å². The molecule has 0 fully saturated rings. The average Bonchev–Trinajstić information content (AvgIpc) is 2.96. The highest BCUT2D eigenvalue weighted by Gasteiger charge is 2.19. The molecule has 0 spiro atoms. The molecule has 25 heavy (non-hydrogen) atoms. The topological polar surface area (TPSA) is 144 Å². The molecular weight excluding hydrogens is 346 g/mol. The molecule has 2 aromatic carbocycles. The third-order valence-corrected chi connectivity index (χ3v) is 4.62. The first-order chi connectivity index (χ1) is 11.8. The van der Waals surface area contributed by atoms with E-state index in [1.165, 1.54) is 12.1 Å². The molecule has 1 heterocycles. The number of benzene rings is 2. The summed E-state index contributed by atoms with van der Waals surface area (Å²) < 4.78 is 22.7. The third kappa shape index (κ3) is 3.44. The van der Waals surface area contributed by atoms with Crippen LogP contribution >= 0.6 is 0 Å². The Hall–Kier alpha value is -2.98. The van der Waals surface area contributed by atoms with Crippen LogP contribution in [-0.4, -0.2) is 23.3 Å². The number of nitrogens with zero attached hydrogens (tertiary/aromatic N) is 2. The molecule has 1 aromatic heterocycles. The summed E-state index contributed by atoms with van der Waals surface area (Å²) in [5, 5.41) is 19.1. The molecule has 0 atom stereocenters. The largest absolute Gasteiger partial charge is 0.372 e. The van der Waals surface area contributed by atoms with E-state index < -0.39 is 14.9 Å². The number of fused-ring (bicyclic) bond motifs is 1. The van der Waals surface area contributed by atoms with E-state index >= 15 is 0 Å². The molecule has 0 amide bonds. The van der Waals surface area contributed by atoms with Crippen LogP contribution in [0, 0.1) is 17.0 Å². The third-order valence-electron chi connectivity index (χ3n) is 3.70. The first kappa shape index (κ1) is 16.9. The Morgan fingerprint density at radius 3 is 2.72 bits per heavy atom. The van der Waals surface area contributed by atoms with E-state index in [2.05, 4.69) is 15.3 Å². The van der Waals surface area contributed by atoms with Gasteiger partial charge in [-0.1, -0.05) is 12.1 Å². The first-order valence-corrected chi connectivity index (χ1v) is 8.79. The van der Waals surface area contributed by atoms with Gasteiger partial charge in [0, 0.05) is 6.07 Å². The highest BCUT2D eigenvalue weighted by Crippen LogP contribution is 2.27. The molecule has 9 nitrogen and oxygen atoms in total. The number of rotatable bonds is 5. The number of primary sulfonamides is 1. The van der Waals surface area contributed by atoms with Crippen LogP contribution in [0.3, 0.4) is 0 Å². The number of nitrogens with two attached hydrogens (primary N) is 1. The maximum Gasteiger partial charge on any atom is 0.293 e. The van der Waals surface area contributed by atoms with E-state index in [9.17, 15) is 18.5 Å². The van der Waals surface area contributed by atoms with E-state index in [1.807, 2.05) is 25.1 Å². The molecule has 0 saturated carbocycles. The van der Waals surface area contributed by atoms with E-state index in [1.54, 1.807) is 0 Å². The number of aryl methyl sites for hydroxylation is 1. The number of nitro benzene ring substituents is 1. The number of anilines is 1. The standard InChI is InChI=1S/C15H15N5O4S/c1-9-3-2-4-12-15(9)19-14(18-12)8-17-11-6-5-10(25(16,23)24)7-13(11)20(21)22/h2-7,17H,8H2,1H3,(H,18,19)(H2,16,23,24). The summed E-state index contributed by atoms with van der Waals surface area (Å²) in [6.45, 7) is 2.15. The van der Waals surface area contributed by atoms with Gasteiger partial charge in [-0.05, 0) is 30.7 Å². The Morgan fingerprint density at radius 1 is 1.32 bits per heavy atom. The number of nitrogens with one attached hydrogen (secondary N) is 2. The van der Waals surface area contributed by atoms with Crippen LogP contribution in [0.4, 0.5) is 11.4 Å². The SMILES string of the molecule is Cc1cccc2[nH]c(CNc3ccc(S(N)(=O)=O)cc3[N+](=O)[O-])nc12. The highest BCUT2D eigenvalue weighted by molar-refractivity contribution is 7.89. The number of imidazole rings is 1. The lowest BCUT2D eigenvalue weighted by Crippen LogP contribution is -2.13. The molecular formula is C15H15N5O4S. The molecule has 10 heteroatoms. The zero-order valence-corrected chi connectivity index (χ0v) is 14.0. The second-order valence-corrected chi connectivity index (χ2v) is 7.05. The van der Waals surface area contributed by atoms with Gasteiger partial charge >= 0.3 is 0 Å². The summed E-state index contributed by atoms with van der Waals surface area (Å²) in [7, 11) is -4.02. The lowest BCUT2D eigenvalue weighted by Gasteiger charge is -2.07. The van der Waals surface area contributed by atoms with E-state index in [-0.39, 0.29) is 22.8 Å². The van der Waals surface area contributed by atoms with Gasteiger partial charge < -0.3 is 10.3 Å². The van der Waals surface area contributed by atoms with Crippen molar-refractivity contribution in [1.29, 1.82) is 0 Å². The van der Waals surface area contributed by atoms with Crippen LogP contribution in [0.2, 0.25) is 0 Å². The highest BCUT2D eigenvalue weighted by atomic mass is 32.2. The molecule has 4 N–H and O–H groups in total. The van der Waals surface area contributed by atoms with Gasteiger partial charge in [0.1, 0.15) is 11.5 Å². The Kier molecular flexibility index (Phi) is 4.15. The van der Waals surface area contributed by atoms with Crippen molar-refractivity contribution < 1.29 is 13.3 Å². The fourth-order valence-electron chi connectivity index (χ4n) is 2.48. The Balaban J connectivity index is 1.89. The predicted molar refractivity (Wildman–Crippen MR) is 92.6 cm³/mol. The van der Waals surface area contributed by atoms with Gasteiger partial charge in [-0.15, -0.1) is 0 Å². The molecule has 0 aliphatic rings. The number of aromatic amines is 1. The Morgan fingerprint density at radius 2 is 2.08 bits per heavy atom. The summed E-state index contributed by atoms with van der Waals surface area (Å²) in [6, 6.07) is 9.20. The zero-order valence-electron chi connectivity index (χ0n) is 13.2. The fourth-order valence-corrected chi connectivity index (χ4v) is 3.01. The number of aromatic nitrogens is 2. The first-order valence-electron chi connectivity index (χ1n) is 7.25. The molecule has 130 valence electrons. The maximum atomic E-state index is 11.3. The van der Waals surface area contributed by atoms with Gasteiger partial charge in [-0.3, -0.25) is 10.1 Å². The van der Waals surface area contributed by atoms with Gasteiger partial charge in [0.05, 0.1) is 27.4 Å². The normalized spacial score (nSPS) is 11.6. The zero-order chi connectivity index (χ0) is 18.2. The molecule has 3 rings (SSSR count). The number of nitro groups is 1. The van der Waals surface area contributed by atoms with Crippen molar-refractivity contribution >= 4 is 32.4 Å². The van der Waals surface area contributed by atoms with E-state index in [0.29, 0.717) is 5.82 Å². The van der Waals surface area contributed by atoms with Gasteiger partial charge in [0.15, 0.2) is 0 Å². The minimum atomic E-state index is -4.02. The second-order valence-electron chi connectivity index (χ2n) is 5.49. The molecule has 0 bridgehead atoms. The molecule has 0 aliphatic heterocycles. The second kappa shape index (κ2) is 6.15. The smallest absolute Gasteiger partial charge is 0.293 e. The lowest BCUT2D eigenvalue weighted by atomic mass is 10.2. The summed E-state index contributed by atoms with van der Waals surface area (Å²) in [6.07, 6.45) is 0. The summed E-state index contributed by atoms with van der Waals surface area (Å²) >= 11 is 0. The van der Waals surface area contributed by atoms with Crippen molar-refractivity contribution in [3.8, 4) is 0 Å². The summed E-state index contributed by atoms with van der Waals surface area (Å²) in [5.41, 5.74) is 2.52. The molecule has 0 aliphatic carbocycles. The Bertz CT molecular complexity index is 1070. The average molecular weight is 361 g/mol. The fraction of sp³-hybridized carbons (Fsp3) is 0.133. The molecule has 0 unspecified atom stereocenters. The van der Waals surface area contributed by atoms with Crippen molar-refractivity contribution in [3.05, 3.63) is 57.9 Å². The summed E-state index contributed by atoms with van der Waals surface area (Å²) in [5.74, 6) is 0.606. The van der Waals surface area contributed by atoms with Crippen molar-refractivity contribution in [2.24, 2.45) is 5.14 Å². The number of para-hydroxylation sites is 1. The Labute approximate surface area is 143 Å². The lowest BCUT2D eigenvalue weighted by molar-refractivity contribution is -0.384. The predicted octanol–water partition coefficient (Wildman–Crippen LogP) is 2.04. The van der Waals surface area contributed by atoms with E-state index in [0.717, 1.165) is 22.7 Å². The number of H-pyrrole nitrogens is 1. The minimum Gasteiger partial charge on any atom is -0.372 e. The van der Waals surface area contributed by atoms with Crippen LogP contribution in [-0.2, 0) is 16.6 Å². The van der Waals surface area contributed by atoms with Crippen molar-refractivity contribution in [2.75, 3.05) is 5.32 Å². The van der Waals surface area contributed by atoms with Gasteiger partial charge in [0.2, 0.25) is 10.0 Å². The minimum absolute atomic E-state index is 0.176. The van der Waals surface area contributed by atoms with Crippen molar-refractivity contribution in [3.63, 3.8) is 0 Å². The summed E-state index contributed by atoms with van der Waals surface area (Å²) in [4.78, 5) is 17.8. The van der Waals surface area contributed by atoms with Gasteiger partial charge in [-0.25, -0.2) is 18.5 Å². The number of hydrogen-bond acceptors (Lipinski definition) is 6. The van der Waals surface area contributed by atoms with Crippen molar-refractivity contribution in [2.45, 2.75) is 18.4 Å². The molecule has 0 saturated heterocycles. The van der Waals surface area contributed by atoms with Crippen LogP contribution in [0.5, 0.6) is 0 Å². The number of hydrogen-bond donors (Lipinski definition) is 3. The van der Waals surface area contributed by atoms with Gasteiger partial charge in [0.25, 0.3) is 5.69 Å². The van der Waals surface area contributed by atoms with Gasteiger partial charge in [-0.2, -0.15) is 0 Å². The number of sulfonamides is 1. The quantitative estimate of drug-likeness (QED) is 0.468. The maximum absolute atomic E-state index is 11.3. The monoisotopic (exact) mass is 361 g/mol. The molecule has 0 radical (unpaired) electrons. The van der Waals surface area contributed by atoms with Crippen LogP contribution < -0.4 is 10.5 Å². The van der Waals surface area contributed by atoms with Crippen LogP contribution in [0.25, 0.3) is 11.0 Å².